The highest BCUT2D eigenvalue weighted by Crippen LogP contribution is 2.28. The van der Waals surface area contributed by atoms with Crippen molar-refractivity contribution in [3.63, 3.8) is 0 Å². The van der Waals surface area contributed by atoms with Gasteiger partial charge in [0.1, 0.15) is 22.4 Å². The van der Waals surface area contributed by atoms with Crippen molar-refractivity contribution in [1.82, 2.24) is 24.8 Å². The van der Waals surface area contributed by atoms with Gasteiger partial charge >= 0.3 is 0 Å². The number of fused-ring (bicyclic) bond motifs is 1. The molecule has 2 fully saturated rings. The molecule has 0 unspecified atom stereocenters. The highest BCUT2D eigenvalue weighted by Gasteiger charge is 2.23. The summed E-state index contributed by atoms with van der Waals surface area (Å²) in [5, 5.41) is 0.537. The van der Waals surface area contributed by atoms with Gasteiger partial charge in [0.2, 0.25) is 12.4 Å². The Morgan fingerprint density at radius 3 is 2.44 bits per heavy atom. The van der Waals surface area contributed by atoms with Crippen molar-refractivity contribution in [1.29, 1.82) is 0 Å². The summed E-state index contributed by atoms with van der Waals surface area (Å²) in [5.41, 5.74) is 1.35. The third-order valence-electron chi connectivity index (χ3n) is 4.49. The van der Waals surface area contributed by atoms with Crippen LogP contribution in [0, 0.1) is 0 Å². The molecule has 132 valence electrons. The zero-order valence-corrected chi connectivity index (χ0v) is 14.6. The maximum absolute atomic E-state index is 10.9. The Morgan fingerprint density at radius 2 is 1.72 bits per heavy atom. The molecule has 9 nitrogen and oxygen atoms in total. The minimum Gasteiger partial charge on any atom is -0.378 e. The Balaban J connectivity index is 1.74. The van der Waals surface area contributed by atoms with Gasteiger partial charge in [-0.25, -0.2) is 15.0 Å². The number of rotatable bonds is 3. The van der Waals surface area contributed by atoms with Gasteiger partial charge < -0.3 is 19.4 Å². The molecule has 25 heavy (non-hydrogen) atoms. The van der Waals surface area contributed by atoms with Crippen LogP contribution in [-0.4, -0.2) is 83.7 Å². The highest BCUT2D eigenvalue weighted by atomic mass is 32.1. The predicted molar refractivity (Wildman–Crippen MR) is 95.3 cm³/mol. The Bertz CT molecular complexity index is 776. The van der Waals surface area contributed by atoms with E-state index in [2.05, 4.69) is 37.4 Å². The molecule has 0 spiro atoms. The standard InChI is InChI=1S/C15H19N7O2S/c23-10-20-1-3-22(4-2-20)15-18-12-11(16-9-17-14(12)25)13(19-15)21-5-7-24-8-6-21/h9-10H,1-8H2,(H,16,17,25). The molecule has 0 aromatic carbocycles. The monoisotopic (exact) mass is 361 g/mol. The maximum atomic E-state index is 10.9. The van der Waals surface area contributed by atoms with Crippen LogP contribution < -0.4 is 9.80 Å². The maximum Gasteiger partial charge on any atom is 0.228 e. The average Bonchev–Trinajstić information content (AvgIpc) is 2.68. The number of thiol groups is 1. The first-order valence-electron chi connectivity index (χ1n) is 8.25. The summed E-state index contributed by atoms with van der Waals surface area (Å²) in [6.07, 6.45) is 2.37. The van der Waals surface area contributed by atoms with E-state index >= 15 is 0 Å². The lowest BCUT2D eigenvalue weighted by molar-refractivity contribution is -0.118. The number of hydrogen-bond acceptors (Lipinski definition) is 9. The summed E-state index contributed by atoms with van der Waals surface area (Å²) in [7, 11) is 0. The number of aromatic nitrogens is 4. The fraction of sp³-hybridized carbons (Fsp3) is 0.533. The van der Waals surface area contributed by atoms with E-state index in [1.807, 2.05) is 0 Å². The van der Waals surface area contributed by atoms with E-state index in [0.29, 0.717) is 61.4 Å². The predicted octanol–water partition coefficient (Wildman–Crippen LogP) is -0.177. The molecule has 2 aliphatic rings. The Labute approximate surface area is 150 Å². The zero-order chi connectivity index (χ0) is 17.2. The summed E-state index contributed by atoms with van der Waals surface area (Å²) in [4.78, 5) is 34.9. The van der Waals surface area contributed by atoms with Crippen LogP contribution in [0.5, 0.6) is 0 Å². The first kappa shape index (κ1) is 16.3. The zero-order valence-electron chi connectivity index (χ0n) is 13.7. The molecular weight excluding hydrogens is 342 g/mol. The number of ether oxygens (including phenoxy) is 1. The fourth-order valence-corrected chi connectivity index (χ4v) is 3.28. The van der Waals surface area contributed by atoms with Crippen LogP contribution in [0.25, 0.3) is 11.0 Å². The number of carbonyl (C=O) groups is 1. The van der Waals surface area contributed by atoms with Gasteiger partial charge in [0.25, 0.3) is 0 Å². The van der Waals surface area contributed by atoms with Gasteiger partial charge in [-0.05, 0) is 0 Å². The number of piperazine rings is 1. The van der Waals surface area contributed by atoms with Crippen LogP contribution in [0.4, 0.5) is 11.8 Å². The second kappa shape index (κ2) is 6.96. The topological polar surface area (TPSA) is 87.6 Å². The molecule has 2 aromatic heterocycles. The largest absolute Gasteiger partial charge is 0.378 e. The van der Waals surface area contributed by atoms with E-state index in [1.54, 1.807) is 4.90 Å². The van der Waals surface area contributed by atoms with Crippen molar-refractivity contribution in [3.05, 3.63) is 6.33 Å². The van der Waals surface area contributed by atoms with Crippen molar-refractivity contribution >= 4 is 41.8 Å². The van der Waals surface area contributed by atoms with Crippen LogP contribution in [-0.2, 0) is 9.53 Å². The van der Waals surface area contributed by atoms with Gasteiger partial charge in [0, 0.05) is 39.3 Å². The Hall–Kier alpha value is -2.20. The number of anilines is 2. The number of amides is 1. The first-order chi connectivity index (χ1) is 12.3. The molecule has 0 aliphatic carbocycles. The fourth-order valence-electron chi connectivity index (χ4n) is 3.07. The molecule has 2 aliphatic heterocycles. The molecule has 4 heterocycles. The molecule has 0 bridgehead atoms. The quantitative estimate of drug-likeness (QED) is 0.458. The molecule has 0 N–H and O–H groups in total. The van der Waals surface area contributed by atoms with Gasteiger partial charge in [0.15, 0.2) is 5.82 Å². The Morgan fingerprint density at radius 1 is 0.960 bits per heavy atom. The van der Waals surface area contributed by atoms with Crippen LogP contribution in [0.3, 0.4) is 0 Å². The molecule has 0 radical (unpaired) electrons. The summed E-state index contributed by atoms with van der Waals surface area (Å²) in [5.74, 6) is 1.42. The third kappa shape index (κ3) is 3.19. The third-order valence-corrected chi connectivity index (χ3v) is 4.82. The molecule has 2 saturated heterocycles. The Kier molecular flexibility index (Phi) is 4.53. The summed E-state index contributed by atoms with van der Waals surface area (Å²) in [6.45, 7) is 5.57. The number of hydrogen-bond donors (Lipinski definition) is 1. The second-order valence-electron chi connectivity index (χ2n) is 5.97. The SMILES string of the molecule is O=CN1CCN(c2nc(N3CCOCC3)c3ncnc(S)c3n2)CC1. The molecule has 2 aromatic rings. The minimum absolute atomic E-state index is 0.537. The number of carbonyl (C=O) groups excluding carboxylic acids is 1. The lowest BCUT2D eigenvalue weighted by Gasteiger charge is -2.34. The van der Waals surface area contributed by atoms with E-state index in [4.69, 9.17) is 9.72 Å². The molecule has 4 rings (SSSR count). The van der Waals surface area contributed by atoms with E-state index < -0.39 is 0 Å². The van der Waals surface area contributed by atoms with E-state index in [9.17, 15) is 4.79 Å². The van der Waals surface area contributed by atoms with Crippen molar-refractivity contribution in [2.45, 2.75) is 5.03 Å². The van der Waals surface area contributed by atoms with Crippen molar-refractivity contribution in [2.24, 2.45) is 0 Å². The van der Waals surface area contributed by atoms with Crippen LogP contribution in [0.2, 0.25) is 0 Å². The lowest BCUT2D eigenvalue weighted by atomic mass is 10.3. The molecule has 10 heteroatoms. The lowest BCUT2D eigenvalue weighted by Crippen LogP contribution is -2.46. The smallest absolute Gasteiger partial charge is 0.228 e. The van der Waals surface area contributed by atoms with Gasteiger partial charge in [-0.3, -0.25) is 4.79 Å². The molecular formula is C15H19N7O2S. The molecule has 1 amide bonds. The highest BCUT2D eigenvalue weighted by molar-refractivity contribution is 7.80. The van der Waals surface area contributed by atoms with Crippen LogP contribution >= 0.6 is 12.6 Å². The van der Waals surface area contributed by atoms with Gasteiger partial charge in [-0.15, -0.1) is 12.6 Å². The second-order valence-corrected chi connectivity index (χ2v) is 6.39. The summed E-state index contributed by atoms with van der Waals surface area (Å²) in [6, 6.07) is 0. The average molecular weight is 361 g/mol. The van der Waals surface area contributed by atoms with E-state index in [0.717, 1.165) is 25.3 Å². The summed E-state index contributed by atoms with van der Waals surface area (Å²) < 4.78 is 5.45. The van der Waals surface area contributed by atoms with E-state index in [-0.39, 0.29) is 0 Å². The van der Waals surface area contributed by atoms with Gasteiger partial charge in [-0.2, -0.15) is 4.98 Å². The van der Waals surface area contributed by atoms with Crippen molar-refractivity contribution in [2.75, 3.05) is 62.3 Å². The minimum atomic E-state index is 0.537. The van der Waals surface area contributed by atoms with Gasteiger partial charge in [0.05, 0.1) is 13.2 Å². The summed E-state index contributed by atoms with van der Waals surface area (Å²) >= 11 is 4.44. The van der Waals surface area contributed by atoms with Crippen molar-refractivity contribution < 1.29 is 9.53 Å². The van der Waals surface area contributed by atoms with E-state index in [1.165, 1.54) is 6.33 Å². The van der Waals surface area contributed by atoms with Gasteiger partial charge in [-0.1, -0.05) is 0 Å². The molecule has 0 saturated carbocycles. The number of morpholine rings is 1. The van der Waals surface area contributed by atoms with Crippen LogP contribution in [0.1, 0.15) is 0 Å². The normalized spacial score (nSPS) is 18.7. The van der Waals surface area contributed by atoms with Crippen molar-refractivity contribution in [3.8, 4) is 0 Å². The number of nitrogens with zero attached hydrogens (tertiary/aromatic N) is 7. The first-order valence-corrected chi connectivity index (χ1v) is 8.69. The van der Waals surface area contributed by atoms with Crippen LogP contribution in [0.15, 0.2) is 11.4 Å². The molecule has 0 atom stereocenters.